The van der Waals surface area contributed by atoms with Crippen molar-refractivity contribution >= 4 is 18.0 Å². The van der Waals surface area contributed by atoms with E-state index in [9.17, 15) is 14.4 Å². The third-order valence-corrected chi connectivity index (χ3v) is 2.96. The van der Waals surface area contributed by atoms with Gasteiger partial charge in [-0.2, -0.15) is 0 Å². The van der Waals surface area contributed by atoms with E-state index in [1.807, 2.05) is 0 Å². The topological polar surface area (TPSA) is 82.1 Å². The second-order valence-electron chi connectivity index (χ2n) is 3.88. The summed E-state index contributed by atoms with van der Waals surface area (Å²) in [5, 5.41) is 0. The van der Waals surface area contributed by atoms with Gasteiger partial charge in [0, 0.05) is 0 Å². The van der Waals surface area contributed by atoms with Crippen LogP contribution in [0.15, 0.2) is 0 Å². The number of hydrogen-bond acceptors (Lipinski definition) is 6. The van der Waals surface area contributed by atoms with Gasteiger partial charge in [0.25, 0.3) is 0 Å². The molecule has 2 atom stereocenters. The monoisotopic (exact) mass is 243 g/mol. The van der Waals surface area contributed by atoms with Crippen LogP contribution >= 0.6 is 0 Å². The smallest absolute Gasteiger partial charge is 0.410 e. The van der Waals surface area contributed by atoms with Crippen LogP contribution in [0.5, 0.6) is 0 Å². The summed E-state index contributed by atoms with van der Waals surface area (Å²) in [6.45, 7) is -0.389. The number of carbonyl (C=O) groups is 3. The quantitative estimate of drug-likeness (QED) is 0.558. The van der Waals surface area contributed by atoms with Gasteiger partial charge in [-0.05, 0) is 19.3 Å². The lowest BCUT2D eigenvalue weighted by atomic mass is 9.96. The Balaban J connectivity index is 2.31. The van der Waals surface area contributed by atoms with E-state index in [0.29, 0.717) is 19.3 Å². The van der Waals surface area contributed by atoms with Gasteiger partial charge < -0.3 is 14.2 Å². The highest BCUT2D eigenvalue weighted by atomic mass is 16.7. The molecule has 0 radical (unpaired) electrons. The molecule has 0 N–H and O–H groups in total. The standard InChI is InChI=1S/C10H13NO6/c1-15-10(14)11-6-3-2-4-7(11)9(13)17-5-16-8(6)12/h6-7H,2-5H2,1H3/t6-,7-/m1/s1. The Labute approximate surface area is 97.6 Å². The van der Waals surface area contributed by atoms with Crippen LogP contribution < -0.4 is 0 Å². The van der Waals surface area contributed by atoms with Gasteiger partial charge in [0.15, 0.2) is 0 Å². The second kappa shape index (κ2) is 4.60. The van der Waals surface area contributed by atoms with Crippen molar-refractivity contribution in [2.24, 2.45) is 0 Å². The van der Waals surface area contributed by atoms with Gasteiger partial charge in [-0.15, -0.1) is 0 Å². The summed E-state index contributed by atoms with van der Waals surface area (Å²) >= 11 is 0. The maximum atomic E-state index is 11.7. The zero-order valence-corrected chi connectivity index (χ0v) is 9.38. The first-order valence-corrected chi connectivity index (χ1v) is 5.34. The number of nitrogens with zero attached hydrogens (tertiary/aromatic N) is 1. The first kappa shape index (κ1) is 11.7. The lowest BCUT2D eigenvalue weighted by Gasteiger charge is -2.39. The van der Waals surface area contributed by atoms with E-state index in [2.05, 4.69) is 4.74 Å². The van der Waals surface area contributed by atoms with Crippen LogP contribution in [-0.4, -0.2) is 48.9 Å². The van der Waals surface area contributed by atoms with Crippen LogP contribution in [0.4, 0.5) is 4.79 Å². The fourth-order valence-corrected chi connectivity index (χ4v) is 2.16. The van der Waals surface area contributed by atoms with Crippen molar-refractivity contribution in [2.75, 3.05) is 13.9 Å². The SMILES string of the molecule is COC(=O)N1[C@@H]2CCC[C@@H]1C(=O)OCOC2=O. The molecule has 2 aliphatic rings. The van der Waals surface area contributed by atoms with Crippen molar-refractivity contribution < 1.29 is 28.6 Å². The summed E-state index contributed by atoms with van der Waals surface area (Å²) in [5.74, 6) is -1.12. The van der Waals surface area contributed by atoms with Gasteiger partial charge >= 0.3 is 18.0 Å². The van der Waals surface area contributed by atoms with E-state index >= 15 is 0 Å². The highest BCUT2D eigenvalue weighted by Gasteiger charge is 2.45. The Hall–Kier alpha value is -1.79. The van der Waals surface area contributed by atoms with Gasteiger partial charge in [0.1, 0.15) is 12.1 Å². The van der Waals surface area contributed by atoms with E-state index in [1.54, 1.807) is 0 Å². The minimum absolute atomic E-state index is 0.389. The van der Waals surface area contributed by atoms with E-state index < -0.39 is 30.1 Å². The van der Waals surface area contributed by atoms with E-state index in [-0.39, 0.29) is 6.79 Å². The number of fused-ring (bicyclic) bond motifs is 2. The number of methoxy groups -OCH3 is 1. The highest BCUT2D eigenvalue weighted by molar-refractivity contribution is 5.88. The van der Waals surface area contributed by atoms with Crippen molar-refractivity contribution in [3.05, 3.63) is 0 Å². The fourth-order valence-electron chi connectivity index (χ4n) is 2.16. The minimum Gasteiger partial charge on any atom is -0.453 e. The Morgan fingerprint density at radius 1 is 1.24 bits per heavy atom. The van der Waals surface area contributed by atoms with Crippen molar-refractivity contribution in [3.8, 4) is 0 Å². The molecular weight excluding hydrogens is 230 g/mol. The average Bonchev–Trinajstić information content (AvgIpc) is 2.35. The molecule has 7 nitrogen and oxygen atoms in total. The number of ether oxygens (including phenoxy) is 3. The zero-order valence-electron chi connectivity index (χ0n) is 9.38. The lowest BCUT2D eigenvalue weighted by Crippen LogP contribution is -2.58. The Bertz CT molecular complexity index is 331. The highest BCUT2D eigenvalue weighted by Crippen LogP contribution is 2.27. The summed E-state index contributed by atoms with van der Waals surface area (Å²) in [6.07, 6.45) is 0.887. The van der Waals surface area contributed by atoms with Crippen molar-refractivity contribution in [1.82, 2.24) is 4.90 Å². The summed E-state index contributed by atoms with van der Waals surface area (Å²) in [5.41, 5.74) is 0. The number of carbonyl (C=O) groups excluding carboxylic acids is 3. The summed E-state index contributed by atoms with van der Waals surface area (Å²) in [6, 6.07) is -1.51. The van der Waals surface area contributed by atoms with Crippen LogP contribution in [0, 0.1) is 0 Å². The van der Waals surface area contributed by atoms with Crippen LogP contribution in [0.25, 0.3) is 0 Å². The summed E-state index contributed by atoms with van der Waals surface area (Å²) in [7, 11) is 1.20. The van der Waals surface area contributed by atoms with Gasteiger partial charge in [0.2, 0.25) is 6.79 Å². The molecule has 0 aliphatic carbocycles. The third kappa shape index (κ3) is 2.04. The Morgan fingerprint density at radius 3 is 2.24 bits per heavy atom. The molecule has 2 heterocycles. The lowest BCUT2D eigenvalue weighted by molar-refractivity contribution is -0.184. The molecule has 2 saturated heterocycles. The number of cyclic esters (lactones) is 2. The molecule has 17 heavy (non-hydrogen) atoms. The molecule has 0 unspecified atom stereocenters. The normalized spacial score (nSPS) is 28.6. The average molecular weight is 243 g/mol. The fraction of sp³-hybridized carbons (Fsp3) is 0.700. The molecular formula is C10H13NO6. The molecule has 7 heteroatoms. The van der Waals surface area contributed by atoms with E-state index in [0.717, 1.165) is 4.90 Å². The molecule has 2 fully saturated rings. The van der Waals surface area contributed by atoms with Crippen molar-refractivity contribution in [2.45, 2.75) is 31.3 Å². The molecule has 2 rings (SSSR count). The molecule has 0 aromatic heterocycles. The van der Waals surface area contributed by atoms with Crippen molar-refractivity contribution in [3.63, 3.8) is 0 Å². The van der Waals surface area contributed by atoms with Crippen molar-refractivity contribution in [1.29, 1.82) is 0 Å². The second-order valence-corrected chi connectivity index (χ2v) is 3.88. The zero-order chi connectivity index (χ0) is 12.4. The number of amides is 1. The van der Waals surface area contributed by atoms with Gasteiger partial charge in [-0.1, -0.05) is 0 Å². The van der Waals surface area contributed by atoms with Crippen LogP contribution in [0.2, 0.25) is 0 Å². The third-order valence-electron chi connectivity index (χ3n) is 2.96. The number of esters is 2. The van der Waals surface area contributed by atoms with Gasteiger partial charge in [-0.25, -0.2) is 14.4 Å². The first-order valence-electron chi connectivity index (χ1n) is 5.34. The molecule has 0 aromatic carbocycles. The van der Waals surface area contributed by atoms with E-state index in [1.165, 1.54) is 7.11 Å². The summed E-state index contributed by atoms with van der Waals surface area (Å²) < 4.78 is 14.1. The maximum Gasteiger partial charge on any atom is 0.410 e. The summed E-state index contributed by atoms with van der Waals surface area (Å²) in [4.78, 5) is 36.0. The number of hydrogen-bond donors (Lipinski definition) is 0. The molecule has 1 amide bonds. The first-order chi connectivity index (χ1) is 8.15. The molecule has 0 aromatic rings. The molecule has 2 aliphatic heterocycles. The van der Waals surface area contributed by atoms with E-state index in [4.69, 9.17) is 9.47 Å². The number of piperidine rings is 1. The largest absolute Gasteiger partial charge is 0.453 e. The number of rotatable bonds is 0. The predicted molar refractivity (Wildman–Crippen MR) is 52.7 cm³/mol. The molecule has 94 valence electrons. The van der Waals surface area contributed by atoms with Crippen LogP contribution in [-0.2, 0) is 23.8 Å². The van der Waals surface area contributed by atoms with Crippen LogP contribution in [0.1, 0.15) is 19.3 Å². The van der Waals surface area contributed by atoms with Crippen LogP contribution in [0.3, 0.4) is 0 Å². The predicted octanol–water partition coefficient (Wildman–Crippen LogP) is 0.0334. The molecule has 0 spiro atoms. The maximum absolute atomic E-state index is 11.7. The Kier molecular flexibility index (Phi) is 3.16. The molecule has 0 saturated carbocycles. The molecule has 2 bridgehead atoms. The van der Waals surface area contributed by atoms with Gasteiger partial charge in [0.05, 0.1) is 7.11 Å². The Morgan fingerprint density at radius 2 is 1.76 bits per heavy atom. The minimum atomic E-state index is -0.756. The van der Waals surface area contributed by atoms with Gasteiger partial charge in [-0.3, -0.25) is 4.90 Å².